The molecule has 20 nitrogen and oxygen atoms in total. The molecule has 21 heteroatoms. The molecule has 3 aliphatic rings. The monoisotopic (exact) mass is 861 g/mol. The van der Waals surface area contributed by atoms with Crippen molar-refractivity contribution >= 4 is 76.1 Å². The largest absolute Gasteiger partial charge is 0.508 e. The van der Waals surface area contributed by atoms with Crippen molar-refractivity contribution in [1.29, 1.82) is 0 Å². The van der Waals surface area contributed by atoms with Crippen molar-refractivity contribution in [2.75, 3.05) is 24.6 Å². The molecule has 1 fully saturated rings. The fourth-order valence-corrected chi connectivity index (χ4v) is 6.95. The van der Waals surface area contributed by atoms with Crippen molar-refractivity contribution in [1.82, 2.24) is 26.3 Å². The van der Waals surface area contributed by atoms with Gasteiger partial charge in [0, 0.05) is 65.9 Å². The molecule has 61 heavy (non-hydrogen) atoms. The van der Waals surface area contributed by atoms with Gasteiger partial charge in [0.2, 0.25) is 17.7 Å². The van der Waals surface area contributed by atoms with Gasteiger partial charge < -0.3 is 45.8 Å². The number of aryl methyl sites for hydroxylation is 1. The van der Waals surface area contributed by atoms with E-state index in [1.165, 1.54) is 24.3 Å². The summed E-state index contributed by atoms with van der Waals surface area (Å²) in [7, 11) is 0. The van der Waals surface area contributed by atoms with Gasteiger partial charge in [-0.05, 0) is 54.4 Å². The minimum atomic E-state index is -1.73. The van der Waals surface area contributed by atoms with Gasteiger partial charge in [0.05, 0.1) is 25.0 Å². The molecule has 2 atom stereocenters. The average Bonchev–Trinajstić information content (AvgIpc) is 3.51. The molecule has 0 aromatic heterocycles. The number of carboxylic acids is 2. The van der Waals surface area contributed by atoms with Crippen LogP contribution in [0.15, 0.2) is 63.8 Å². The van der Waals surface area contributed by atoms with E-state index < -0.39 is 78.3 Å². The molecule has 2 aliphatic heterocycles. The van der Waals surface area contributed by atoms with Crippen molar-refractivity contribution in [2.24, 2.45) is 0 Å². The van der Waals surface area contributed by atoms with E-state index >= 15 is 0 Å². The van der Waals surface area contributed by atoms with Gasteiger partial charge in [-0.15, -0.1) is 5.06 Å². The number of nitrogens with zero attached hydrogens (tertiary/aromatic N) is 1. The molecule has 320 valence electrons. The van der Waals surface area contributed by atoms with Crippen LogP contribution in [0.5, 0.6) is 5.75 Å². The highest BCUT2D eigenvalue weighted by molar-refractivity contribution is 7.99. The van der Waals surface area contributed by atoms with Gasteiger partial charge in [-0.1, -0.05) is 6.07 Å². The number of nitrogens with one attached hydrogen (secondary N) is 4. The lowest BCUT2D eigenvalue weighted by Gasteiger charge is -2.21. The summed E-state index contributed by atoms with van der Waals surface area (Å²) in [5, 5.41) is 39.2. The number of amides is 6. The van der Waals surface area contributed by atoms with Crippen LogP contribution in [0.2, 0.25) is 0 Å². The van der Waals surface area contributed by atoms with Crippen molar-refractivity contribution in [3.63, 3.8) is 0 Å². The van der Waals surface area contributed by atoms with Crippen LogP contribution in [0.1, 0.15) is 48.0 Å². The van der Waals surface area contributed by atoms with Crippen LogP contribution in [-0.2, 0) is 43.2 Å². The standard InChI is InChI=1S/C40H39N5O15S/c1-20-14-21(2-5-24(20)37-25-6-3-22(46)15-29(25)59-30-16-23(47)4-7-26(30)37)38(56)41-11-12-42-39(57)27(17-34(51)52)44-40(58)28(18-35(53)54)43-31(48)19-61-13-10-36(55)60-45-32(49)8-9-33(45)50/h2-7,14-16,27-28,46H,8-13,17-19H2,1H3,(H,41,56)(H,42,57)(H,43,48)(H,44,58)(H,51,52)(H,53,54)/t27-,28-/m0/s1. The topological polar surface area (TPSA) is 305 Å². The molecule has 0 saturated carbocycles. The number of phenolic OH excluding ortho intramolecular Hbond substituents is 1. The van der Waals surface area contributed by atoms with Crippen molar-refractivity contribution in [3.05, 3.63) is 75.9 Å². The van der Waals surface area contributed by atoms with Crippen LogP contribution in [0.25, 0.3) is 33.4 Å². The third kappa shape index (κ3) is 11.9. The zero-order valence-corrected chi connectivity index (χ0v) is 33.1. The summed E-state index contributed by atoms with van der Waals surface area (Å²) in [4.78, 5) is 127. The number of imide groups is 1. The second-order valence-corrected chi connectivity index (χ2v) is 14.7. The molecule has 1 saturated heterocycles. The summed E-state index contributed by atoms with van der Waals surface area (Å²) in [6.07, 6.45) is -2.30. The van der Waals surface area contributed by atoms with E-state index in [-0.39, 0.29) is 60.6 Å². The van der Waals surface area contributed by atoms with E-state index in [4.69, 9.17) is 9.25 Å². The van der Waals surface area contributed by atoms with Gasteiger partial charge in [0.1, 0.15) is 29.2 Å². The average molecular weight is 862 g/mol. The molecule has 2 heterocycles. The zero-order chi connectivity index (χ0) is 44.4. The fraction of sp³-hybridized carbons (Fsp3) is 0.300. The van der Waals surface area contributed by atoms with Gasteiger partial charge in [-0.3, -0.25) is 43.2 Å². The normalized spacial score (nSPS) is 13.4. The number of aromatic hydroxyl groups is 1. The van der Waals surface area contributed by atoms with Gasteiger partial charge in [0.25, 0.3) is 17.7 Å². The summed E-state index contributed by atoms with van der Waals surface area (Å²) in [6, 6.07) is 10.5. The number of benzene rings is 3. The van der Waals surface area contributed by atoms with E-state index in [2.05, 4.69) is 21.3 Å². The van der Waals surface area contributed by atoms with Crippen molar-refractivity contribution in [2.45, 2.75) is 51.1 Å². The first kappa shape index (κ1) is 44.8. The number of aliphatic carboxylic acids is 2. The van der Waals surface area contributed by atoms with Gasteiger partial charge in [-0.25, -0.2) is 4.79 Å². The predicted octanol–water partition coefficient (Wildman–Crippen LogP) is 1.07. The third-order valence-corrected chi connectivity index (χ3v) is 10.0. The minimum Gasteiger partial charge on any atom is -0.508 e. The summed E-state index contributed by atoms with van der Waals surface area (Å²) in [5.74, 6) is -8.79. The number of fused-ring (bicyclic) bond motifs is 2. The number of carboxylic acid groups (broad SMARTS) is 2. The molecule has 0 radical (unpaired) electrons. The highest BCUT2D eigenvalue weighted by atomic mass is 32.2. The summed E-state index contributed by atoms with van der Waals surface area (Å²) in [5.41, 5.74) is 3.10. The Hall–Kier alpha value is -7.29. The number of hydrogen-bond donors (Lipinski definition) is 7. The fourth-order valence-electron chi connectivity index (χ4n) is 6.22. The maximum Gasteiger partial charge on any atom is 0.334 e. The van der Waals surface area contributed by atoms with Crippen LogP contribution in [0.3, 0.4) is 0 Å². The maximum atomic E-state index is 13.1. The summed E-state index contributed by atoms with van der Waals surface area (Å²) in [6.45, 7) is 1.45. The van der Waals surface area contributed by atoms with Crippen LogP contribution < -0.4 is 26.7 Å². The van der Waals surface area contributed by atoms with Crippen LogP contribution in [0, 0.1) is 6.92 Å². The number of carbonyl (C=O) groups is 9. The Bertz CT molecular complexity index is 2430. The molecular formula is C40H39N5O15S. The molecule has 5 rings (SSSR count). The van der Waals surface area contributed by atoms with Crippen molar-refractivity contribution in [3.8, 4) is 28.2 Å². The predicted molar refractivity (Wildman–Crippen MR) is 214 cm³/mol. The Morgan fingerprint density at radius 2 is 1.46 bits per heavy atom. The van der Waals surface area contributed by atoms with Gasteiger partial charge in [0.15, 0.2) is 5.43 Å². The maximum absolute atomic E-state index is 13.1. The molecular weight excluding hydrogens is 823 g/mol. The Morgan fingerprint density at radius 3 is 2.13 bits per heavy atom. The SMILES string of the molecule is Cc1cc(C(=O)NCCNC(=O)[C@H](CC(=O)O)NC(=O)[C@H](CC(=O)O)NC(=O)CSCCC(=O)ON2C(=O)CCC2=O)ccc1-c1c2ccc(=O)cc-2oc2cc(O)ccc12. The minimum absolute atomic E-state index is 0.00872. The Labute approximate surface area is 349 Å². The first-order chi connectivity index (χ1) is 29.0. The lowest BCUT2D eigenvalue weighted by Crippen LogP contribution is -2.55. The van der Waals surface area contributed by atoms with Gasteiger partial charge >= 0.3 is 17.9 Å². The molecule has 1 aliphatic carbocycles. The number of thioether (sulfide) groups is 1. The summed E-state index contributed by atoms with van der Waals surface area (Å²) < 4.78 is 5.91. The first-order valence-corrected chi connectivity index (χ1v) is 19.7. The van der Waals surface area contributed by atoms with E-state index in [1.54, 1.807) is 37.3 Å². The summed E-state index contributed by atoms with van der Waals surface area (Å²) >= 11 is 0.891. The second-order valence-electron chi connectivity index (χ2n) is 13.6. The molecule has 2 aromatic rings. The van der Waals surface area contributed by atoms with E-state index in [9.17, 15) is 63.3 Å². The molecule has 0 spiro atoms. The lowest BCUT2D eigenvalue weighted by atomic mass is 9.90. The van der Waals surface area contributed by atoms with E-state index in [0.29, 0.717) is 38.5 Å². The Kier molecular flexibility index (Phi) is 14.8. The van der Waals surface area contributed by atoms with Gasteiger partial charge in [-0.2, -0.15) is 11.8 Å². The van der Waals surface area contributed by atoms with Crippen molar-refractivity contribution < 1.29 is 67.7 Å². The van der Waals surface area contributed by atoms with E-state index in [0.717, 1.165) is 17.3 Å². The second kappa shape index (κ2) is 20.1. The smallest absolute Gasteiger partial charge is 0.334 e. The molecule has 2 aromatic carbocycles. The van der Waals surface area contributed by atoms with Crippen LogP contribution >= 0.6 is 11.8 Å². The number of hydrogen-bond acceptors (Lipinski definition) is 14. The molecule has 0 bridgehead atoms. The zero-order valence-electron chi connectivity index (χ0n) is 32.3. The number of phenols is 1. The quantitative estimate of drug-likeness (QED) is 0.0394. The number of carbonyl (C=O) groups excluding carboxylic acids is 7. The lowest BCUT2D eigenvalue weighted by molar-refractivity contribution is -0.197. The van der Waals surface area contributed by atoms with E-state index in [1.807, 2.05) is 0 Å². The number of hydroxylamine groups is 2. The Balaban J connectivity index is 1.13. The number of rotatable bonds is 19. The molecule has 0 unspecified atom stereocenters. The Morgan fingerprint density at radius 1 is 0.803 bits per heavy atom. The highest BCUT2D eigenvalue weighted by Crippen LogP contribution is 2.41. The van der Waals surface area contributed by atoms with Crippen LogP contribution in [0.4, 0.5) is 0 Å². The first-order valence-electron chi connectivity index (χ1n) is 18.5. The third-order valence-electron chi connectivity index (χ3n) is 9.07. The molecule has 7 N–H and O–H groups in total. The van der Waals surface area contributed by atoms with Crippen LogP contribution in [-0.4, -0.2) is 110 Å². The molecule has 6 amide bonds. The highest BCUT2D eigenvalue weighted by Gasteiger charge is 2.33.